The van der Waals surface area contributed by atoms with Crippen LogP contribution in [0.4, 0.5) is 28.6 Å². The van der Waals surface area contributed by atoms with Crippen LogP contribution in [0.3, 0.4) is 0 Å². The van der Waals surface area contributed by atoms with E-state index in [1.807, 2.05) is 42.5 Å². The fourth-order valence-electron chi connectivity index (χ4n) is 13.3. The maximum Gasteiger partial charge on any atom is 0.138 e. The summed E-state index contributed by atoms with van der Waals surface area (Å²) in [6.45, 7) is 0. The first-order valence-corrected chi connectivity index (χ1v) is 32.1. The standard InChI is InChI=1S/C43H29N3.C26H18N2.C17H12BrN.CH3/c1-4-16-30(17-5-1)32-28-37(31-18-6-2-7-19-31)44-41(29-32)46-39-26-14-11-23-35(39)42-34-22-10-13-25-38(34)45(33-20-8-3-9-21-33)43(42)36-24-12-15-27-40(36)46;1-2-10-18(11-3-1)28-24-17-9-6-14-21(24)25-19-12-4-7-15-22(19)27-23-16-8-5-13-20(23)26(25)28;18-17-12-15(13-7-3-1-4-8-13)11-16(19-17)14-9-5-2-6-10-14;/h1-29H;1-17,27H;1-12H;1H3/q;;;-1. The fourth-order valence-corrected chi connectivity index (χ4v) is 13.8. The van der Waals surface area contributed by atoms with Crippen molar-refractivity contribution in [3.05, 3.63) is 364 Å². The van der Waals surface area contributed by atoms with Gasteiger partial charge in [0.1, 0.15) is 10.4 Å². The van der Waals surface area contributed by atoms with Crippen LogP contribution in [0.15, 0.2) is 356 Å². The van der Waals surface area contributed by atoms with Gasteiger partial charge in [0.25, 0.3) is 0 Å². The highest BCUT2D eigenvalue weighted by atomic mass is 79.9. The maximum atomic E-state index is 5.40. The first kappa shape index (κ1) is 58.5. The Hall–Kier alpha value is -11.9. The molecule has 94 heavy (non-hydrogen) atoms. The third-order valence-electron chi connectivity index (χ3n) is 17.4. The van der Waals surface area contributed by atoms with E-state index in [0.29, 0.717) is 0 Å². The molecule has 0 unspecified atom stereocenters. The molecular formula is C87H62BrN6-. The number of fused-ring (bicyclic) bond motifs is 14. The summed E-state index contributed by atoms with van der Waals surface area (Å²) in [5, 5.41) is 6.16. The van der Waals surface area contributed by atoms with Crippen LogP contribution in [0.25, 0.3) is 123 Å². The summed E-state index contributed by atoms with van der Waals surface area (Å²) in [5.41, 5.74) is 27.7. The Labute approximate surface area is 556 Å². The Kier molecular flexibility index (Phi) is 16.0. The summed E-state index contributed by atoms with van der Waals surface area (Å²) >= 11 is 3.50. The third-order valence-corrected chi connectivity index (χ3v) is 17.8. The second-order valence-corrected chi connectivity index (χ2v) is 23.8. The highest BCUT2D eigenvalue weighted by Gasteiger charge is 2.33. The summed E-state index contributed by atoms with van der Waals surface area (Å²) in [6.07, 6.45) is 0. The van der Waals surface area contributed by atoms with Gasteiger partial charge in [-0.1, -0.05) is 267 Å². The Morgan fingerprint density at radius 1 is 0.287 bits per heavy atom. The number of anilines is 5. The lowest BCUT2D eigenvalue weighted by atomic mass is 9.98. The number of para-hydroxylation sites is 8. The number of nitrogens with one attached hydrogen (secondary N) is 1. The predicted octanol–water partition coefficient (Wildman–Crippen LogP) is 24.1. The van der Waals surface area contributed by atoms with Crippen LogP contribution in [0.5, 0.6) is 0 Å². The first-order chi connectivity index (χ1) is 46.1. The summed E-state index contributed by atoms with van der Waals surface area (Å²) in [7, 11) is 0. The van der Waals surface area contributed by atoms with E-state index in [2.05, 4.69) is 350 Å². The van der Waals surface area contributed by atoms with Gasteiger partial charge in [0.15, 0.2) is 0 Å². The quantitative estimate of drug-likeness (QED) is 0.128. The lowest BCUT2D eigenvalue weighted by Gasteiger charge is -2.27. The molecule has 0 aliphatic carbocycles. The number of pyridine rings is 2. The van der Waals surface area contributed by atoms with Crippen LogP contribution < -0.4 is 10.2 Å². The first-order valence-electron chi connectivity index (χ1n) is 31.3. The van der Waals surface area contributed by atoms with Crippen molar-refractivity contribution in [2.24, 2.45) is 0 Å². The summed E-state index contributed by atoms with van der Waals surface area (Å²) < 4.78 is 5.67. The Balaban J connectivity index is 0.000000129. The average Bonchev–Trinajstić information content (AvgIpc) is 1.56. The Morgan fingerprint density at radius 3 is 1.18 bits per heavy atom. The summed E-state index contributed by atoms with van der Waals surface area (Å²) in [6, 6.07) is 124. The van der Waals surface area contributed by atoms with E-state index in [4.69, 9.17) is 4.98 Å². The van der Waals surface area contributed by atoms with Gasteiger partial charge in [-0.3, -0.25) is 4.90 Å². The van der Waals surface area contributed by atoms with Gasteiger partial charge in [-0.2, -0.15) is 0 Å². The Bertz CT molecular complexity index is 5240. The SMILES string of the molecule is Brc1cc(-c2ccccc2)cc(-c2ccccc2)n1.[CH3-].c1ccc(-c2cc(-c3ccccc3)nc(N3c4ccccc4-c4c(n(-c5ccccc5)c5ccccc45)-c4ccccc43)c2)cc1.c1ccc(-n2c3c(c4ccccc42)-c2ccccc2Nc2ccccc2-3)cc1. The molecule has 0 amide bonds. The second kappa shape index (κ2) is 25.8. The predicted molar refractivity (Wildman–Crippen MR) is 398 cm³/mol. The molecule has 0 saturated heterocycles. The largest absolute Gasteiger partial charge is 0.358 e. The minimum absolute atomic E-state index is 0. The third kappa shape index (κ3) is 10.9. The maximum absolute atomic E-state index is 5.40. The van der Waals surface area contributed by atoms with Gasteiger partial charge in [-0.25, -0.2) is 9.97 Å². The van der Waals surface area contributed by atoms with E-state index in [0.717, 1.165) is 78.1 Å². The van der Waals surface area contributed by atoms with Gasteiger partial charge < -0.3 is 21.9 Å². The minimum Gasteiger partial charge on any atom is -0.358 e. The van der Waals surface area contributed by atoms with E-state index in [1.54, 1.807) is 0 Å². The topological polar surface area (TPSA) is 50.9 Å². The lowest BCUT2D eigenvalue weighted by Crippen LogP contribution is -2.13. The molecule has 7 heteroatoms. The van der Waals surface area contributed by atoms with Crippen molar-refractivity contribution in [2.45, 2.75) is 0 Å². The zero-order chi connectivity index (χ0) is 62.0. The van der Waals surface area contributed by atoms with E-state index in [-0.39, 0.29) is 7.43 Å². The van der Waals surface area contributed by atoms with Gasteiger partial charge in [0.05, 0.1) is 45.2 Å². The van der Waals surface area contributed by atoms with Crippen LogP contribution >= 0.6 is 15.9 Å². The monoisotopic (exact) mass is 1270 g/mol. The minimum atomic E-state index is 0. The average molecular weight is 1270 g/mol. The molecule has 2 aliphatic rings. The molecule has 6 nitrogen and oxygen atoms in total. The number of aromatic nitrogens is 4. The van der Waals surface area contributed by atoms with E-state index in [1.165, 1.54) is 77.8 Å². The molecule has 0 spiro atoms. The van der Waals surface area contributed by atoms with E-state index in [9.17, 15) is 0 Å². The molecule has 2 aliphatic heterocycles. The molecule has 0 bridgehead atoms. The highest BCUT2D eigenvalue weighted by Crippen LogP contribution is 2.55. The Morgan fingerprint density at radius 2 is 0.649 bits per heavy atom. The van der Waals surface area contributed by atoms with Crippen molar-refractivity contribution in [2.75, 3.05) is 10.2 Å². The van der Waals surface area contributed by atoms with Crippen LogP contribution in [0.2, 0.25) is 0 Å². The number of hydrogen-bond donors (Lipinski definition) is 1. The molecule has 18 rings (SSSR count). The van der Waals surface area contributed by atoms with Crippen LogP contribution in [0.1, 0.15) is 0 Å². The molecule has 12 aromatic carbocycles. The molecule has 4 aromatic heterocycles. The van der Waals surface area contributed by atoms with Crippen molar-refractivity contribution < 1.29 is 0 Å². The molecule has 0 fully saturated rings. The van der Waals surface area contributed by atoms with Crippen molar-refractivity contribution in [3.63, 3.8) is 0 Å². The van der Waals surface area contributed by atoms with Crippen molar-refractivity contribution in [1.29, 1.82) is 0 Å². The zero-order valence-electron chi connectivity index (χ0n) is 51.6. The molecule has 1 N–H and O–H groups in total. The molecule has 6 heterocycles. The number of halogens is 1. The normalized spacial score (nSPS) is 11.4. The van der Waals surface area contributed by atoms with Crippen molar-refractivity contribution in [3.8, 4) is 101 Å². The molecule has 448 valence electrons. The zero-order valence-corrected chi connectivity index (χ0v) is 53.2. The molecule has 0 atom stereocenters. The van der Waals surface area contributed by atoms with E-state index < -0.39 is 0 Å². The summed E-state index contributed by atoms with van der Waals surface area (Å²) in [5.74, 6) is 0.876. The number of hydrogen-bond acceptors (Lipinski definition) is 4. The smallest absolute Gasteiger partial charge is 0.138 e. The number of rotatable bonds is 7. The highest BCUT2D eigenvalue weighted by molar-refractivity contribution is 9.10. The van der Waals surface area contributed by atoms with Gasteiger partial charge in [0, 0.05) is 78.0 Å². The van der Waals surface area contributed by atoms with Crippen LogP contribution in [-0.2, 0) is 0 Å². The molecule has 16 aromatic rings. The van der Waals surface area contributed by atoms with E-state index >= 15 is 0 Å². The van der Waals surface area contributed by atoms with Crippen molar-refractivity contribution in [1.82, 2.24) is 19.1 Å². The van der Waals surface area contributed by atoms with Gasteiger partial charge >= 0.3 is 0 Å². The van der Waals surface area contributed by atoms with Gasteiger partial charge in [0.2, 0.25) is 0 Å². The molecule has 0 saturated carbocycles. The summed E-state index contributed by atoms with van der Waals surface area (Å²) in [4.78, 5) is 12.3. The molecule has 0 radical (unpaired) electrons. The molecular weight excluding hydrogens is 1210 g/mol. The van der Waals surface area contributed by atoms with Crippen LogP contribution in [-0.4, -0.2) is 19.1 Å². The van der Waals surface area contributed by atoms with Crippen LogP contribution in [0, 0.1) is 7.43 Å². The second-order valence-electron chi connectivity index (χ2n) is 23.0. The number of nitrogens with zero attached hydrogens (tertiary/aromatic N) is 5. The lowest BCUT2D eigenvalue weighted by molar-refractivity contribution is 1.13. The van der Waals surface area contributed by atoms with Gasteiger partial charge in [-0.05, 0) is 123 Å². The fraction of sp³-hybridized carbons (Fsp3) is 0. The number of benzene rings is 12. The van der Waals surface area contributed by atoms with Gasteiger partial charge in [-0.15, -0.1) is 0 Å². The van der Waals surface area contributed by atoms with Crippen molar-refractivity contribution >= 4 is 66.3 Å².